The number of carbonyl (C=O) groups is 1. The predicted molar refractivity (Wildman–Crippen MR) is 89.3 cm³/mol. The maximum atomic E-state index is 11.9. The number of amides is 1. The van der Waals surface area contributed by atoms with Crippen LogP contribution in [0.25, 0.3) is 6.08 Å². The Kier molecular flexibility index (Phi) is 4.31. The van der Waals surface area contributed by atoms with Crippen LogP contribution in [0.4, 0.5) is 17.3 Å². The molecule has 0 saturated carbocycles. The molecule has 1 amide bonds. The number of hydrogen-bond acceptors (Lipinski definition) is 8. The van der Waals surface area contributed by atoms with Gasteiger partial charge in [-0.25, -0.2) is 4.99 Å². The van der Waals surface area contributed by atoms with E-state index in [4.69, 9.17) is 4.42 Å². The van der Waals surface area contributed by atoms with E-state index in [1.165, 1.54) is 42.5 Å². The molecule has 126 valence electrons. The van der Waals surface area contributed by atoms with Crippen molar-refractivity contribution >= 4 is 46.2 Å². The number of nitrogens with zero attached hydrogens (tertiary/aromatic N) is 3. The molecular formula is C14H8N4O6S. The number of rotatable bonds is 4. The molecule has 1 saturated heterocycles. The molecule has 1 aromatic carbocycles. The lowest BCUT2D eigenvalue weighted by atomic mass is 10.3. The molecule has 10 nitrogen and oxygen atoms in total. The van der Waals surface area contributed by atoms with Gasteiger partial charge < -0.3 is 9.73 Å². The van der Waals surface area contributed by atoms with Crippen molar-refractivity contribution < 1.29 is 19.1 Å². The molecule has 0 atom stereocenters. The zero-order chi connectivity index (χ0) is 18.0. The van der Waals surface area contributed by atoms with Gasteiger partial charge in [0.2, 0.25) is 0 Å². The number of nitrogens with one attached hydrogen (secondary N) is 1. The predicted octanol–water partition coefficient (Wildman–Crippen LogP) is 2.99. The number of amidine groups is 1. The molecule has 0 radical (unpaired) electrons. The largest absolute Gasteiger partial charge is 0.433 e. The highest BCUT2D eigenvalue weighted by molar-refractivity contribution is 8.18. The first-order valence-electron chi connectivity index (χ1n) is 6.70. The van der Waals surface area contributed by atoms with Crippen LogP contribution in [0.3, 0.4) is 0 Å². The average Bonchev–Trinajstić information content (AvgIpc) is 3.16. The third kappa shape index (κ3) is 3.72. The third-order valence-corrected chi connectivity index (χ3v) is 3.92. The molecule has 0 unspecified atom stereocenters. The van der Waals surface area contributed by atoms with E-state index < -0.39 is 21.6 Å². The summed E-state index contributed by atoms with van der Waals surface area (Å²) in [4.78, 5) is 36.3. The van der Waals surface area contributed by atoms with Crippen molar-refractivity contribution in [2.24, 2.45) is 4.99 Å². The van der Waals surface area contributed by atoms with Crippen LogP contribution in [0, 0.1) is 20.2 Å². The van der Waals surface area contributed by atoms with Crippen LogP contribution in [-0.2, 0) is 4.79 Å². The van der Waals surface area contributed by atoms with E-state index >= 15 is 0 Å². The molecule has 3 rings (SSSR count). The number of furan rings is 1. The van der Waals surface area contributed by atoms with E-state index in [0.717, 1.165) is 11.8 Å². The van der Waals surface area contributed by atoms with Crippen LogP contribution in [0.15, 0.2) is 50.7 Å². The summed E-state index contributed by atoms with van der Waals surface area (Å²) in [5.41, 5.74) is 0.371. The van der Waals surface area contributed by atoms with Crippen molar-refractivity contribution in [3.8, 4) is 0 Å². The first kappa shape index (κ1) is 16.4. The van der Waals surface area contributed by atoms with E-state index in [0.29, 0.717) is 5.69 Å². The molecule has 25 heavy (non-hydrogen) atoms. The Labute approximate surface area is 143 Å². The zero-order valence-electron chi connectivity index (χ0n) is 12.2. The quantitative estimate of drug-likeness (QED) is 0.502. The van der Waals surface area contributed by atoms with Crippen LogP contribution in [-0.4, -0.2) is 20.9 Å². The standard InChI is InChI=1S/C14H8N4O6S/c19-13-11(7-10-5-6-12(24-10)18(22)23)25-14(16-13)15-8-1-3-9(4-2-8)17(20)21/h1-7H,(H,15,16,19)/b11-7-. The number of thioether (sulfide) groups is 1. The van der Waals surface area contributed by atoms with Crippen molar-refractivity contribution in [1.29, 1.82) is 0 Å². The van der Waals surface area contributed by atoms with Crippen LogP contribution in [0.2, 0.25) is 0 Å². The summed E-state index contributed by atoms with van der Waals surface area (Å²) in [6, 6.07) is 8.09. The van der Waals surface area contributed by atoms with E-state index in [2.05, 4.69) is 10.3 Å². The van der Waals surface area contributed by atoms with Crippen molar-refractivity contribution in [3.05, 3.63) is 67.3 Å². The second-order valence-electron chi connectivity index (χ2n) is 4.69. The number of non-ortho nitro benzene ring substituents is 1. The van der Waals surface area contributed by atoms with E-state index in [9.17, 15) is 25.0 Å². The van der Waals surface area contributed by atoms with Gasteiger partial charge in [0.15, 0.2) is 5.17 Å². The minimum atomic E-state index is -0.675. The van der Waals surface area contributed by atoms with Crippen LogP contribution in [0.5, 0.6) is 0 Å². The van der Waals surface area contributed by atoms with Crippen LogP contribution < -0.4 is 5.32 Å². The molecule has 2 aromatic rings. The first-order chi connectivity index (χ1) is 11.9. The number of nitro groups is 2. The number of hydrogen-bond donors (Lipinski definition) is 1. The minimum Gasteiger partial charge on any atom is -0.401 e. The zero-order valence-corrected chi connectivity index (χ0v) is 13.1. The van der Waals surface area contributed by atoms with Gasteiger partial charge in [-0.3, -0.25) is 25.0 Å². The summed E-state index contributed by atoms with van der Waals surface area (Å²) in [5.74, 6) is -0.680. The number of carbonyl (C=O) groups excluding carboxylic acids is 1. The summed E-state index contributed by atoms with van der Waals surface area (Å²) in [6.07, 6.45) is 1.37. The molecule has 1 aliphatic heterocycles. The van der Waals surface area contributed by atoms with Crippen LogP contribution in [0.1, 0.15) is 5.76 Å². The maximum Gasteiger partial charge on any atom is 0.433 e. The molecule has 0 aliphatic carbocycles. The number of nitro benzene ring substituents is 1. The van der Waals surface area contributed by atoms with Crippen molar-refractivity contribution in [2.45, 2.75) is 0 Å². The molecule has 2 heterocycles. The topological polar surface area (TPSA) is 141 Å². The Morgan fingerprint density at radius 2 is 1.80 bits per heavy atom. The first-order valence-corrected chi connectivity index (χ1v) is 7.52. The Balaban J connectivity index is 1.78. The van der Waals surface area contributed by atoms with E-state index in [1.54, 1.807) is 0 Å². The molecule has 1 N–H and O–H groups in total. The monoisotopic (exact) mass is 360 g/mol. The molecule has 1 aliphatic rings. The highest BCUT2D eigenvalue weighted by atomic mass is 32.2. The fourth-order valence-electron chi connectivity index (χ4n) is 1.89. The van der Waals surface area contributed by atoms with Crippen molar-refractivity contribution in [2.75, 3.05) is 0 Å². The fourth-order valence-corrected chi connectivity index (χ4v) is 2.72. The summed E-state index contributed by atoms with van der Waals surface area (Å²) in [7, 11) is 0. The normalized spacial score (nSPS) is 17.0. The lowest BCUT2D eigenvalue weighted by Crippen LogP contribution is -2.19. The highest BCUT2D eigenvalue weighted by Crippen LogP contribution is 2.29. The molecule has 1 aromatic heterocycles. The van der Waals surface area contributed by atoms with Gasteiger partial charge >= 0.3 is 5.88 Å². The summed E-state index contributed by atoms with van der Waals surface area (Å²) in [5, 5.41) is 24.0. The minimum absolute atomic E-state index is 0.0629. The van der Waals surface area contributed by atoms with Gasteiger partial charge in [0.25, 0.3) is 11.6 Å². The number of aliphatic imine (C=N–C) groups is 1. The van der Waals surface area contributed by atoms with Gasteiger partial charge in [-0.2, -0.15) is 0 Å². The maximum absolute atomic E-state index is 11.9. The average molecular weight is 360 g/mol. The number of benzene rings is 1. The van der Waals surface area contributed by atoms with Gasteiger partial charge in [-0.05, 0) is 30.0 Å². The fraction of sp³-hybridized carbons (Fsp3) is 0. The van der Waals surface area contributed by atoms with Gasteiger partial charge in [0.1, 0.15) is 10.7 Å². The smallest absolute Gasteiger partial charge is 0.401 e. The Hall–Kier alpha value is -3.47. The lowest BCUT2D eigenvalue weighted by Gasteiger charge is -1.96. The molecule has 11 heteroatoms. The third-order valence-electron chi connectivity index (χ3n) is 3.01. The molecule has 0 spiro atoms. The van der Waals surface area contributed by atoms with Crippen molar-refractivity contribution in [1.82, 2.24) is 5.32 Å². The second-order valence-corrected chi connectivity index (χ2v) is 5.72. The Morgan fingerprint density at radius 1 is 1.08 bits per heavy atom. The molecule has 1 fully saturated rings. The molecular weight excluding hydrogens is 352 g/mol. The van der Waals surface area contributed by atoms with Gasteiger partial charge in [0.05, 0.1) is 21.6 Å². The van der Waals surface area contributed by atoms with Crippen LogP contribution >= 0.6 is 11.8 Å². The highest BCUT2D eigenvalue weighted by Gasteiger charge is 2.25. The summed E-state index contributed by atoms with van der Waals surface area (Å²) < 4.78 is 4.97. The molecule has 0 bridgehead atoms. The van der Waals surface area contributed by atoms with E-state index in [-0.39, 0.29) is 21.5 Å². The van der Waals surface area contributed by atoms with E-state index in [1.807, 2.05) is 0 Å². The SMILES string of the molecule is O=C1NC(=Nc2ccc([N+](=O)[O-])cc2)S/C1=C\c1ccc([N+](=O)[O-])o1. The summed E-state index contributed by atoms with van der Waals surface area (Å²) in [6.45, 7) is 0. The van der Waals surface area contributed by atoms with Gasteiger partial charge in [-0.15, -0.1) is 0 Å². The van der Waals surface area contributed by atoms with Crippen molar-refractivity contribution in [3.63, 3.8) is 0 Å². The summed E-state index contributed by atoms with van der Waals surface area (Å²) >= 11 is 1.02. The van der Waals surface area contributed by atoms with Gasteiger partial charge in [0, 0.05) is 18.2 Å². The second kappa shape index (κ2) is 6.57. The van der Waals surface area contributed by atoms with Gasteiger partial charge in [-0.1, -0.05) is 0 Å². The Morgan fingerprint density at radius 3 is 2.40 bits per heavy atom. The Bertz CT molecular complexity index is 931. The lowest BCUT2D eigenvalue weighted by molar-refractivity contribution is -0.402.